The Morgan fingerprint density at radius 1 is 0.574 bits per heavy atom. The zero-order valence-corrected chi connectivity index (χ0v) is 64.7. The summed E-state index contributed by atoms with van der Waals surface area (Å²) in [5.74, 6) is -3.93. The lowest BCUT2D eigenvalue weighted by Gasteiger charge is -2.42. The molecular weight excluding hydrogens is 1400 g/mol. The number of ether oxygens (including phenoxy) is 10. The Kier molecular flexibility index (Phi) is 28.4. The molecule has 4 aromatic rings. The minimum Gasteiger partial charge on any atom is -0.497 e. The molecule has 4 aromatic carbocycles. The summed E-state index contributed by atoms with van der Waals surface area (Å²) in [5, 5.41) is 45.3. The van der Waals surface area contributed by atoms with E-state index in [9.17, 15) is 48.6 Å². The number of nitrogens with two attached hydrogens (primary N) is 2. The minimum absolute atomic E-state index is 0.0190. The maximum absolute atomic E-state index is 13.7. The maximum Gasteiger partial charge on any atom is 0.409 e. The van der Waals surface area contributed by atoms with Crippen LogP contribution in [0.3, 0.4) is 0 Å². The molecule has 0 spiro atoms. The number of methoxy groups -OCH3 is 4. The van der Waals surface area contributed by atoms with E-state index in [4.69, 9.17) is 69.0 Å². The molecule has 0 radical (unpaired) electrons. The van der Waals surface area contributed by atoms with Crippen LogP contribution in [0.1, 0.15) is 138 Å². The number of carboxylic acids is 2. The van der Waals surface area contributed by atoms with E-state index in [-0.39, 0.29) is 48.6 Å². The molecule has 6 heterocycles. The van der Waals surface area contributed by atoms with E-state index in [1.807, 2.05) is 84.0 Å². The number of fused-ring (bicyclic) bond motifs is 10. The second-order valence-electron chi connectivity index (χ2n) is 29.3. The third kappa shape index (κ3) is 21.3. The van der Waals surface area contributed by atoms with Gasteiger partial charge in [-0.25, -0.2) is 19.2 Å². The van der Waals surface area contributed by atoms with Crippen LogP contribution in [0.15, 0.2) is 120 Å². The average molecular weight is 1500 g/mol. The number of carboxylic acid groups (broad SMARTS) is 2. The Bertz CT molecular complexity index is 4100. The number of anilines is 4. The van der Waals surface area contributed by atoms with Gasteiger partial charge >= 0.3 is 36.1 Å². The molecule has 10 N–H and O–H groups in total. The van der Waals surface area contributed by atoms with Crippen LogP contribution in [0.5, 0.6) is 11.5 Å². The summed E-state index contributed by atoms with van der Waals surface area (Å²) in [6.45, 7) is 21.9. The molecule has 14 atom stereocenters. The minimum atomic E-state index is -1.75. The molecule has 4 fully saturated rings. The molecule has 0 aliphatic carbocycles. The number of nitrogens with zero attached hydrogens (tertiary/aromatic N) is 2. The number of benzene rings is 4. The molecule has 108 heavy (non-hydrogen) atoms. The van der Waals surface area contributed by atoms with E-state index >= 15 is 0 Å². The van der Waals surface area contributed by atoms with Gasteiger partial charge in [-0.05, 0) is 119 Å². The number of rotatable bonds is 10. The van der Waals surface area contributed by atoms with Crippen LogP contribution >= 0.6 is 0 Å². The van der Waals surface area contributed by atoms with Gasteiger partial charge in [0.2, 0.25) is 11.8 Å². The molecule has 10 rings (SSSR count). The smallest absolute Gasteiger partial charge is 0.409 e. The summed E-state index contributed by atoms with van der Waals surface area (Å²) in [6.07, 6.45) is 4.24. The fraction of sp³-hybridized carbons (Fsp3) is 0.500. The van der Waals surface area contributed by atoms with Crippen molar-refractivity contribution < 1.29 is 106 Å². The van der Waals surface area contributed by atoms with Gasteiger partial charge in [-0.15, -0.1) is 0 Å². The average Bonchev–Trinajstić information content (AvgIpc) is 1.58. The Labute approximate surface area is 630 Å². The van der Waals surface area contributed by atoms with Crippen LogP contribution in [0, 0.1) is 37.5 Å². The predicted molar refractivity (Wildman–Crippen MR) is 402 cm³/mol. The lowest BCUT2D eigenvalue weighted by molar-refractivity contribution is -0.158. The third-order valence-electron chi connectivity index (χ3n) is 20.2. The van der Waals surface area contributed by atoms with Crippen molar-refractivity contribution in [2.24, 2.45) is 23.7 Å². The van der Waals surface area contributed by atoms with Crippen LogP contribution in [0.25, 0.3) is 0 Å². The molecule has 0 saturated carbocycles. The first-order valence-corrected chi connectivity index (χ1v) is 35.6. The second-order valence-corrected chi connectivity index (χ2v) is 29.3. The van der Waals surface area contributed by atoms with Crippen molar-refractivity contribution in [3.8, 4) is 11.5 Å². The highest BCUT2D eigenvalue weighted by Gasteiger charge is 2.66. The van der Waals surface area contributed by atoms with E-state index in [0.717, 1.165) is 39.1 Å². The van der Waals surface area contributed by atoms with Crippen molar-refractivity contribution in [1.82, 2.24) is 10.6 Å². The van der Waals surface area contributed by atoms with Gasteiger partial charge < -0.3 is 89.1 Å². The summed E-state index contributed by atoms with van der Waals surface area (Å²) in [7, 11) is 9.35. The van der Waals surface area contributed by atoms with E-state index in [1.54, 1.807) is 110 Å². The summed E-state index contributed by atoms with van der Waals surface area (Å²) in [5.41, 5.74) is 13.9. The Hall–Kier alpha value is -9.84. The van der Waals surface area contributed by atoms with Gasteiger partial charge in [-0.3, -0.25) is 29.8 Å². The van der Waals surface area contributed by atoms with E-state index in [2.05, 4.69) is 10.6 Å². The summed E-state index contributed by atoms with van der Waals surface area (Å²) < 4.78 is 56.9. The van der Waals surface area contributed by atoms with Crippen LogP contribution in [-0.4, -0.2) is 182 Å². The monoisotopic (exact) mass is 1500 g/mol. The van der Waals surface area contributed by atoms with Gasteiger partial charge in [0.05, 0.1) is 62.2 Å². The van der Waals surface area contributed by atoms with Gasteiger partial charge in [0, 0.05) is 87.9 Å². The second kappa shape index (κ2) is 35.9. The zero-order chi connectivity index (χ0) is 80.2. The number of amides is 4. The van der Waals surface area contributed by atoms with Crippen molar-refractivity contribution in [3.05, 3.63) is 154 Å². The van der Waals surface area contributed by atoms with Crippen molar-refractivity contribution in [1.29, 1.82) is 0 Å². The number of nitrogens with one attached hydrogen (secondary N) is 2. The molecule has 4 saturated heterocycles. The molecule has 0 aromatic heterocycles. The molecule has 6 aliphatic heterocycles. The van der Waals surface area contributed by atoms with Crippen LogP contribution in [0.2, 0.25) is 0 Å². The van der Waals surface area contributed by atoms with Crippen LogP contribution in [-0.2, 0) is 69.9 Å². The highest BCUT2D eigenvalue weighted by molar-refractivity contribution is 5.95. The normalized spacial score (nSPS) is 29.9. The number of alkyl carbamates (subject to hydrolysis) is 2. The van der Waals surface area contributed by atoms with E-state index < -0.39 is 131 Å². The SMILES string of the molecule is CO[C@@H]1/C=C/C=C(\C)Cc2ccc(C)c(c2)N(C)C(=O)C[C@H](OC(=O)C(C)C)[C@]2(C)O[C@H]2[C@H](C)[C@@H]2C[C@@]1(O)NC(=O)O2.COc1cc(N)cc(C(=O)O)c1.COc1cc2cc(c1)N(C)C(=O)C[C@H](OC(=O)C(C)C)[C@]1(C)O[C@H]1[C@H](C)[C@@H]1C[C@@](O)(NC(=O)O1)[C@H](OC)/C=C/C=C(\C)C2.Cc1ccc(C(=O)O)cc1N. The number of hydrogen-bond donors (Lipinski definition) is 8. The number of epoxide rings is 2. The van der Waals surface area contributed by atoms with Crippen LogP contribution < -0.4 is 41.4 Å². The van der Waals surface area contributed by atoms with Crippen molar-refractivity contribution in [3.63, 3.8) is 0 Å². The molecule has 28 nitrogen and oxygen atoms in total. The zero-order valence-electron chi connectivity index (χ0n) is 64.7. The van der Waals surface area contributed by atoms with E-state index in [0.29, 0.717) is 41.4 Å². The number of carbonyl (C=O) groups is 8. The number of allylic oxidation sites excluding steroid dienone is 6. The topological polar surface area (TPSA) is 399 Å². The van der Waals surface area contributed by atoms with Gasteiger partial charge in [-0.1, -0.05) is 107 Å². The highest BCUT2D eigenvalue weighted by atomic mass is 16.7. The number of nitrogen functional groups attached to an aromatic ring is 2. The molecule has 0 unspecified atom stereocenters. The molecule has 28 heteroatoms. The van der Waals surface area contributed by atoms with Gasteiger partial charge in [0.15, 0.2) is 11.4 Å². The van der Waals surface area contributed by atoms with Crippen molar-refractivity contribution in [2.75, 3.05) is 63.8 Å². The van der Waals surface area contributed by atoms with Crippen molar-refractivity contribution in [2.45, 2.75) is 193 Å². The standard InChI is InChI=1S/C32H44N2O9.C32H44N2O8.C8H9NO3.C8H9NO2/c1-18(2)29(36)42-26-16-27(35)34(6)22-13-21(14-23(15-22)39-7)12-19(3)10-9-11-25(40-8)32(38)17-24(41-30(37)33-32)20(4)28-31(26,5)43-28;1-18(2)29(36)41-26-16-27(35)34(7)23-15-22(13-12-20(23)4)14-19(3)10-9-11-25(39-8)32(38)17-24(40-30(37)33-32)21(5)28-31(26,6)42-28;1-12-7-3-5(8(10)11)2-6(9)4-7;1-5-2-3-6(8(10)11)4-7(5)9/h9-11,13-15,18,20,24-26,28,38H,12,16-17H2,1-8H3,(H,33,37);9-13,15,18,21,24-26,28,38H,14,16-17H2,1-8H3,(H,33,37);2-4H,9H2,1H3,(H,10,11);2-4H,9H2,1H3,(H,10,11)/b2*11-9+,19-10+;;/t20-,24+,25-,26+,28+,31+,32+;21-,24+,25-,26+,28+,31+,32+;;/m11../s1. The molecule has 4 amide bonds. The third-order valence-corrected chi connectivity index (χ3v) is 20.2. The number of aliphatic hydroxyl groups is 2. The van der Waals surface area contributed by atoms with E-state index in [1.165, 1.54) is 50.5 Å². The first kappa shape index (κ1) is 85.4. The van der Waals surface area contributed by atoms with Crippen LogP contribution in [0.4, 0.5) is 32.3 Å². The number of aryl methyl sites for hydroxylation is 2. The molecule has 588 valence electrons. The maximum atomic E-state index is 13.7. The number of aromatic carboxylic acids is 2. The number of carbonyl (C=O) groups excluding carboxylic acids is 6. The summed E-state index contributed by atoms with van der Waals surface area (Å²) in [6, 6.07) is 20.7. The quantitative estimate of drug-likeness (QED) is 0.0317. The molecule has 8 bridgehead atoms. The summed E-state index contributed by atoms with van der Waals surface area (Å²) in [4.78, 5) is 102. The van der Waals surface area contributed by atoms with Gasteiger partial charge in [0.1, 0.15) is 59.3 Å². The van der Waals surface area contributed by atoms with Crippen molar-refractivity contribution >= 4 is 70.6 Å². The van der Waals surface area contributed by atoms with Gasteiger partial charge in [0.25, 0.3) is 0 Å². The molecular formula is C80H106N6O22. The first-order valence-electron chi connectivity index (χ1n) is 35.6. The number of hydrogen-bond acceptors (Lipinski definition) is 22. The lowest BCUT2D eigenvalue weighted by atomic mass is 9.83. The van der Waals surface area contributed by atoms with Gasteiger partial charge in [-0.2, -0.15) is 0 Å². The summed E-state index contributed by atoms with van der Waals surface area (Å²) >= 11 is 0. The predicted octanol–water partition coefficient (Wildman–Crippen LogP) is 9.89. The first-order chi connectivity index (χ1) is 50.6. The fourth-order valence-corrected chi connectivity index (χ4v) is 13.3. The lowest BCUT2D eigenvalue weighted by Crippen LogP contribution is -2.63. The Morgan fingerprint density at radius 2 is 1.03 bits per heavy atom. The molecule has 6 aliphatic rings. The number of esters is 2. The largest absolute Gasteiger partial charge is 0.497 e. The Balaban J connectivity index is 0.000000232. The highest BCUT2D eigenvalue weighted by Crippen LogP contribution is 2.51. The Morgan fingerprint density at radius 3 is 1.47 bits per heavy atom. The fourth-order valence-electron chi connectivity index (χ4n) is 13.3.